The number of hydrogen-bond acceptors (Lipinski definition) is 8. The number of carbonyl (C=O) groups is 1. The highest BCUT2D eigenvalue weighted by Gasteiger charge is 2.26. The van der Waals surface area contributed by atoms with Crippen molar-refractivity contribution in [2.75, 3.05) is 0 Å². The number of pyridine rings is 1. The van der Waals surface area contributed by atoms with Gasteiger partial charge in [-0.25, -0.2) is 4.79 Å². The molecule has 0 saturated heterocycles. The van der Waals surface area contributed by atoms with Gasteiger partial charge in [0.15, 0.2) is 6.61 Å². The van der Waals surface area contributed by atoms with Crippen LogP contribution < -0.4 is 0 Å². The minimum atomic E-state index is -0.481. The van der Waals surface area contributed by atoms with Gasteiger partial charge in [0.05, 0.1) is 16.0 Å². The van der Waals surface area contributed by atoms with Gasteiger partial charge in [-0.05, 0) is 48.9 Å². The number of nitro benzene ring substituents is 1. The third kappa shape index (κ3) is 4.05. The summed E-state index contributed by atoms with van der Waals surface area (Å²) in [5.41, 5.74) is 3.74. The normalized spacial score (nSPS) is 15.2. The highest BCUT2D eigenvalue weighted by atomic mass is 16.6. The molecule has 1 aliphatic carbocycles. The van der Waals surface area contributed by atoms with Gasteiger partial charge in [-0.15, -0.1) is 10.2 Å². The third-order valence-electron chi connectivity index (χ3n) is 5.83. The molecule has 2 heterocycles. The van der Waals surface area contributed by atoms with Gasteiger partial charge in [-0.3, -0.25) is 15.1 Å². The van der Waals surface area contributed by atoms with Crippen molar-refractivity contribution in [2.45, 2.75) is 32.8 Å². The molecule has 0 amide bonds. The van der Waals surface area contributed by atoms with Gasteiger partial charge in [0, 0.05) is 28.8 Å². The SMILES string of the molecule is CC1CCc2nc3ccccc3c(C(=O)OCc3nnc(-c4ccc([N+](=O)[O-])cc4)o3)c2C1. The Kier molecular flexibility index (Phi) is 5.29. The molecule has 5 rings (SSSR count). The smallest absolute Gasteiger partial charge is 0.339 e. The van der Waals surface area contributed by atoms with Gasteiger partial charge >= 0.3 is 5.97 Å². The van der Waals surface area contributed by atoms with Crippen molar-refractivity contribution in [3.63, 3.8) is 0 Å². The molecule has 0 N–H and O–H groups in total. The molecule has 2 aromatic heterocycles. The minimum absolute atomic E-state index is 0.0327. The lowest BCUT2D eigenvalue weighted by molar-refractivity contribution is -0.384. The van der Waals surface area contributed by atoms with Crippen LogP contribution >= 0.6 is 0 Å². The lowest BCUT2D eigenvalue weighted by Crippen LogP contribution is -2.19. The first-order valence-corrected chi connectivity index (χ1v) is 10.6. The number of aryl methyl sites for hydroxylation is 1. The fraction of sp³-hybridized carbons (Fsp3) is 0.250. The maximum absolute atomic E-state index is 13.2. The summed E-state index contributed by atoms with van der Waals surface area (Å²) in [4.78, 5) is 28.3. The van der Waals surface area contributed by atoms with Crippen molar-refractivity contribution < 1.29 is 18.9 Å². The van der Waals surface area contributed by atoms with Gasteiger partial charge in [0.25, 0.3) is 11.6 Å². The number of nitrogens with zero attached hydrogens (tertiary/aromatic N) is 4. The summed E-state index contributed by atoms with van der Waals surface area (Å²) in [6.07, 6.45) is 2.66. The van der Waals surface area contributed by atoms with Crippen molar-refractivity contribution in [3.8, 4) is 11.5 Å². The molecule has 0 radical (unpaired) electrons. The van der Waals surface area contributed by atoms with Crippen molar-refractivity contribution >= 4 is 22.6 Å². The molecule has 9 nitrogen and oxygen atoms in total. The highest BCUT2D eigenvalue weighted by molar-refractivity contribution is 6.05. The van der Waals surface area contributed by atoms with Crippen LogP contribution in [0, 0.1) is 16.0 Å². The summed E-state index contributed by atoms with van der Waals surface area (Å²) < 4.78 is 11.2. The average molecular weight is 444 g/mol. The Morgan fingerprint density at radius 1 is 1.18 bits per heavy atom. The summed E-state index contributed by atoms with van der Waals surface area (Å²) in [6, 6.07) is 13.3. The molecule has 33 heavy (non-hydrogen) atoms. The Balaban J connectivity index is 1.38. The van der Waals surface area contributed by atoms with E-state index in [2.05, 4.69) is 17.1 Å². The molecule has 1 aliphatic rings. The van der Waals surface area contributed by atoms with E-state index >= 15 is 0 Å². The Bertz CT molecular complexity index is 1360. The Hall–Kier alpha value is -4.14. The zero-order valence-corrected chi connectivity index (χ0v) is 17.9. The van der Waals surface area contributed by atoms with Crippen LogP contribution in [0.5, 0.6) is 0 Å². The lowest BCUT2D eigenvalue weighted by Gasteiger charge is -2.24. The van der Waals surface area contributed by atoms with Crippen LogP contribution in [0.3, 0.4) is 0 Å². The number of esters is 1. The van der Waals surface area contributed by atoms with Gasteiger partial charge in [-0.2, -0.15) is 0 Å². The summed E-state index contributed by atoms with van der Waals surface area (Å²) in [5, 5.41) is 19.5. The predicted octanol–water partition coefficient (Wildman–Crippen LogP) is 4.67. The Morgan fingerprint density at radius 3 is 2.76 bits per heavy atom. The minimum Gasteiger partial charge on any atom is -0.452 e. The Labute approximate surface area is 188 Å². The standard InChI is InChI=1S/C24H20N4O5/c1-14-6-11-20-18(12-14)22(17-4-2-3-5-19(17)25-20)24(29)32-13-21-26-27-23(33-21)15-7-9-16(10-8-15)28(30)31/h2-5,7-10,14H,6,11-13H2,1H3. The van der Waals surface area contributed by atoms with E-state index < -0.39 is 10.9 Å². The average Bonchev–Trinajstić information content (AvgIpc) is 3.30. The second kappa shape index (κ2) is 8.42. The summed E-state index contributed by atoms with van der Waals surface area (Å²) in [7, 11) is 0. The molecule has 0 bridgehead atoms. The summed E-state index contributed by atoms with van der Waals surface area (Å²) >= 11 is 0. The topological polar surface area (TPSA) is 121 Å². The van der Waals surface area contributed by atoms with E-state index in [1.165, 1.54) is 24.3 Å². The number of rotatable bonds is 5. The van der Waals surface area contributed by atoms with Gasteiger partial charge < -0.3 is 9.15 Å². The third-order valence-corrected chi connectivity index (χ3v) is 5.83. The second-order valence-electron chi connectivity index (χ2n) is 8.16. The monoisotopic (exact) mass is 444 g/mol. The van der Waals surface area contributed by atoms with Crippen molar-refractivity contribution in [3.05, 3.63) is 81.4 Å². The number of fused-ring (bicyclic) bond motifs is 2. The zero-order chi connectivity index (χ0) is 22.9. The number of ether oxygens (including phenoxy) is 1. The zero-order valence-electron chi connectivity index (χ0n) is 17.9. The number of para-hydroxylation sites is 1. The first-order valence-electron chi connectivity index (χ1n) is 10.6. The number of nitro groups is 1. The second-order valence-corrected chi connectivity index (χ2v) is 8.16. The molecule has 4 aromatic rings. The molecule has 9 heteroatoms. The first kappa shape index (κ1) is 20.7. The fourth-order valence-corrected chi connectivity index (χ4v) is 4.15. The van der Waals surface area contributed by atoms with E-state index in [-0.39, 0.29) is 24.1 Å². The van der Waals surface area contributed by atoms with E-state index in [1.807, 2.05) is 24.3 Å². The van der Waals surface area contributed by atoms with E-state index in [0.29, 0.717) is 17.0 Å². The maximum Gasteiger partial charge on any atom is 0.339 e. The predicted molar refractivity (Wildman–Crippen MR) is 118 cm³/mol. The molecule has 1 unspecified atom stereocenters. The van der Waals surface area contributed by atoms with Crippen LogP contribution in [0.25, 0.3) is 22.4 Å². The number of benzene rings is 2. The quantitative estimate of drug-likeness (QED) is 0.247. The van der Waals surface area contributed by atoms with Crippen molar-refractivity contribution in [2.24, 2.45) is 5.92 Å². The van der Waals surface area contributed by atoms with E-state index in [1.54, 1.807) is 0 Å². The molecular formula is C24H20N4O5. The molecule has 2 aromatic carbocycles. The fourth-order valence-electron chi connectivity index (χ4n) is 4.15. The number of aromatic nitrogens is 3. The Morgan fingerprint density at radius 2 is 1.97 bits per heavy atom. The van der Waals surface area contributed by atoms with Crippen LogP contribution in [0.15, 0.2) is 52.9 Å². The summed E-state index contributed by atoms with van der Waals surface area (Å²) in [5.74, 6) is 0.343. The number of carbonyl (C=O) groups excluding carboxylic acids is 1. The number of non-ortho nitro benzene ring substituents is 1. The lowest BCUT2D eigenvalue weighted by atomic mass is 9.84. The molecule has 166 valence electrons. The van der Waals surface area contributed by atoms with E-state index in [4.69, 9.17) is 14.1 Å². The molecular weight excluding hydrogens is 424 g/mol. The largest absolute Gasteiger partial charge is 0.452 e. The van der Waals surface area contributed by atoms with Crippen LogP contribution in [0.2, 0.25) is 0 Å². The number of hydrogen-bond donors (Lipinski definition) is 0. The van der Waals surface area contributed by atoms with Crippen molar-refractivity contribution in [1.29, 1.82) is 0 Å². The molecule has 0 aliphatic heterocycles. The van der Waals surface area contributed by atoms with Gasteiger partial charge in [0.1, 0.15) is 0 Å². The van der Waals surface area contributed by atoms with Crippen LogP contribution in [0.1, 0.15) is 40.9 Å². The van der Waals surface area contributed by atoms with Crippen molar-refractivity contribution in [1.82, 2.24) is 15.2 Å². The molecule has 1 atom stereocenters. The highest BCUT2D eigenvalue weighted by Crippen LogP contribution is 2.32. The molecule has 0 fully saturated rings. The van der Waals surface area contributed by atoms with Crippen LogP contribution in [-0.4, -0.2) is 26.1 Å². The van der Waals surface area contributed by atoms with E-state index in [0.717, 1.165) is 41.4 Å². The van der Waals surface area contributed by atoms with Crippen LogP contribution in [-0.2, 0) is 24.2 Å². The molecule has 0 spiro atoms. The van der Waals surface area contributed by atoms with Gasteiger partial charge in [0.2, 0.25) is 5.89 Å². The maximum atomic E-state index is 13.2. The summed E-state index contributed by atoms with van der Waals surface area (Å²) in [6.45, 7) is 1.99. The van der Waals surface area contributed by atoms with E-state index in [9.17, 15) is 14.9 Å². The van der Waals surface area contributed by atoms with Crippen LogP contribution in [0.4, 0.5) is 5.69 Å². The van der Waals surface area contributed by atoms with Gasteiger partial charge in [-0.1, -0.05) is 25.1 Å². The molecule has 0 saturated carbocycles. The first-order chi connectivity index (χ1) is 16.0.